The van der Waals surface area contributed by atoms with Crippen LogP contribution in [0.2, 0.25) is 0 Å². The summed E-state index contributed by atoms with van der Waals surface area (Å²) in [6.07, 6.45) is 3.02. The Bertz CT molecular complexity index is 2290. The van der Waals surface area contributed by atoms with E-state index in [1.54, 1.807) is 27.7 Å². The van der Waals surface area contributed by atoms with Crippen LogP contribution in [0.5, 0.6) is 5.75 Å². The number of carboxylic acids is 1. The van der Waals surface area contributed by atoms with Crippen LogP contribution in [0.15, 0.2) is 36.8 Å². The van der Waals surface area contributed by atoms with Gasteiger partial charge in [0.1, 0.15) is 54.1 Å². The molecule has 1 aromatic heterocycles. The summed E-state index contributed by atoms with van der Waals surface area (Å²) in [5.74, 6) is -9.70. The first-order valence-corrected chi connectivity index (χ1v) is 27.4. The summed E-state index contributed by atoms with van der Waals surface area (Å²) >= 11 is 0. The van der Waals surface area contributed by atoms with Gasteiger partial charge in [-0.3, -0.25) is 47.9 Å². The van der Waals surface area contributed by atoms with Gasteiger partial charge in [-0.15, -0.1) is 0 Å². The summed E-state index contributed by atoms with van der Waals surface area (Å²) in [5.41, 5.74) is 6.54. The zero-order chi connectivity index (χ0) is 54.8. The van der Waals surface area contributed by atoms with Gasteiger partial charge >= 0.3 is 5.97 Å². The zero-order valence-corrected chi connectivity index (χ0v) is 44.6. The van der Waals surface area contributed by atoms with Crippen molar-refractivity contribution in [2.45, 2.75) is 148 Å². The minimum absolute atomic E-state index is 0.00325. The fourth-order valence-electron chi connectivity index (χ4n) is 8.39. The molecule has 10 atom stereocenters. The summed E-state index contributed by atoms with van der Waals surface area (Å²) < 4.78 is 0. The molecule has 23 nitrogen and oxygen atoms in total. The molecule has 0 spiro atoms. The van der Waals surface area contributed by atoms with Crippen molar-refractivity contribution in [3.8, 4) is 5.75 Å². The third-order valence-corrected chi connectivity index (χ3v) is 15.3. The van der Waals surface area contributed by atoms with E-state index in [-0.39, 0.29) is 73.6 Å². The number of amides is 9. The molecule has 9 amide bonds. The van der Waals surface area contributed by atoms with Crippen molar-refractivity contribution in [3.63, 3.8) is 0 Å². The summed E-state index contributed by atoms with van der Waals surface area (Å²) in [6.45, 7) is 12.7. The number of phenols is 1. The Balaban J connectivity index is 1.71. The molecule has 0 radical (unpaired) electrons. The second-order valence-electron chi connectivity index (χ2n) is 19.8. The number of carbonyl (C=O) groups is 10. The van der Waals surface area contributed by atoms with Gasteiger partial charge in [0.25, 0.3) is 0 Å². The molecule has 4 rings (SSSR count). The van der Waals surface area contributed by atoms with Gasteiger partial charge in [-0.2, -0.15) is 0 Å². The number of imidazole rings is 1. The molecule has 3 heterocycles. The van der Waals surface area contributed by atoms with Gasteiger partial charge in [0.2, 0.25) is 53.2 Å². The second kappa shape index (κ2) is 28.9. The van der Waals surface area contributed by atoms with Crippen molar-refractivity contribution in [1.29, 1.82) is 0 Å². The minimum atomic E-state index is -1.77. The van der Waals surface area contributed by atoms with Crippen molar-refractivity contribution < 1.29 is 58.2 Å². The fraction of sp³-hybridized carbons (Fsp3) is 0.612. The van der Waals surface area contributed by atoms with E-state index in [1.165, 1.54) is 52.5 Å². The number of primary amides is 1. The monoisotopic (exact) mass is 1070 g/mol. The van der Waals surface area contributed by atoms with Gasteiger partial charge < -0.3 is 63.0 Å². The van der Waals surface area contributed by atoms with Crippen molar-refractivity contribution >= 4 is 80.7 Å². The summed E-state index contributed by atoms with van der Waals surface area (Å²) in [6, 6.07) is -4.69. The van der Waals surface area contributed by atoms with E-state index >= 15 is 0 Å². The average Bonchev–Trinajstić information content (AvgIpc) is 4.05. The van der Waals surface area contributed by atoms with Crippen LogP contribution in [0.3, 0.4) is 0 Å². The maximum absolute atomic E-state index is 14.6. The molecular weight excluding hydrogens is 999 g/mol. The van der Waals surface area contributed by atoms with Crippen molar-refractivity contribution in [2.24, 2.45) is 29.4 Å². The number of carbonyl (C=O) groups excluding carboxylic acids is 9. The van der Waals surface area contributed by atoms with E-state index < -0.39 is 120 Å². The van der Waals surface area contributed by atoms with E-state index in [0.717, 1.165) is 10.8 Å². The van der Waals surface area contributed by atoms with Gasteiger partial charge in [-0.05, 0) is 61.1 Å². The number of nitrogens with two attached hydrogens (primary N) is 1. The van der Waals surface area contributed by atoms with E-state index in [1.807, 2.05) is 20.8 Å². The Hall–Kier alpha value is -6.37. The molecule has 0 bridgehead atoms. The molecular formula is C49H73N11O12S2. The highest BCUT2D eigenvalue weighted by molar-refractivity contribution is 8.76. The lowest BCUT2D eigenvalue weighted by atomic mass is 9.96. The molecule has 2 aromatic rings. The third-order valence-electron chi connectivity index (χ3n) is 12.7. The first-order valence-electron chi connectivity index (χ1n) is 24.9. The first-order chi connectivity index (χ1) is 35.0. The molecule has 408 valence electrons. The molecule has 12 N–H and O–H groups in total. The smallest absolute Gasteiger partial charge is 0.305 e. The standard InChI is InChI=1S/C49H73N11O12S2/c1-8-27(6)40(48(71)53-32(41(50)64)16-25(2)3)59-45(68)35(19-30-21-51-24-52-30)55-46(69)37-23-74-73-22-28(7)49(72)60-15-9-10-38(60)47(70)57-34(18-29-11-13-31(61)14-12-29)43(66)56-36(20-39(62)63)44(67)54-33(17-26(4)5)42(65)58-37/h11-14,21,24-28,32-38,40,61H,8-10,15-20,22-23H2,1-7H3,(H2,50,64)(H,51,52)(H,53,71)(H,54,67)(H,55,69)(H,56,66)(H,57,70)(H,58,65)(H,59,68)(H,62,63)/t27?,28-,32-,33-,34-,35-,36-,37?,38-,40-/m0/s1. The number of fused-ring (bicyclic) bond motifs is 1. The van der Waals surface area contributed by atoms with Crippen LogP contribution in [0.1, 0.15) is 98.2 Å². The van der Waals surface area contributed by atoms with Crippen LogP contribution in [0.4, 0.5) is 0 Å². The topological polar surface area (TPSA) is 353 Å². The van der Waals surface area contributed by atoms with Crippen molar-refractivity contribution in [2.75, 3.05) is 18.1 Å². The predicted octanol–water partition coefficient (Wildman–Crippen LogP) is 0.415. The number of rotatable bonds is 19. The molecule has 2 unspecified atom stereocenters. The molecule has 74 heavy (non-hydrogen) atoms. The van der Waals surface area contributed by atoms with E-state index in [2.05, 4.69) is 47.2 Å². The van der Waals surface area contributed by atoms with Crippen LogP contribution in [0.25, 0.3) is 0 Å². The highest BCUT2D eigenvalue weighted by atomic mass is 33.1. The lowest BCUT2D eigenvalue weighted by Crippen LogP contribution is -2.61. The lowest BCUT2D eigenvalue weighted by Gasteiger charge is -2.30. The molecule has 2 saturated heterocycles. The Morgan fingerprint density at radius 2 is 1.45 bits per heavy atom. The number of hydrogen-bond acceptors (Lipinski definition) is 14. The zero-order valence-electron chi connectivity index (χ0n) is 42.9. The van der Waals surface area contributed by atoms with Crippen LogP contribution in [-0.4, -0.2) is 151 Å². The second-order valence-corrected chi connectivity index (χ2v) is 22.4. The summed E-state index contributed by atoms with van der Waals surface area (Å²) in [7, 11) is 2.36. The largest absolute Gasteiger partial charge is 0.508 e. The van der Waals surface area contributed by atoms with Gasteiger partial charge in [0.05, 0.1) is 12.7 Å². The number of carboxylic acid groups (broad SMARTS) is 1. The molecule has 0 aliphatic carbocycles. The maximum atomic E-state index is 14.6. The number of aromatic hydroxyl groups is 1. The van der Waals surface area contributed by atoms with Crippen LogP contribution >= 0.6 is 21.6 Å². The Labute approximate surface area is 438 Å². The highest BCUT2D eigenvalue weighted by Gasteiger charge is 2.40. The SMILES string of the molecule is CCC(C)[C@H](NC(=O)[C@H](Cc1cnc[nH]1)NC(=O)C1CSSC[C@H](C)C(=O)N2CCC[C@H]2C(=O)N[C@@H](Cc2ccc(O)cc2)C(=O)N[C@@H](CC(=O)O)C(=O)N[C@@H](CC(C)C)C(=O)N1)C(=O)N[C@@H](CC(C)C)C(N)=O. The quantitative estimate of drug-likeness (QED) is 0.0850. The van der Waals surface area contributed by atoms with Crippen LogP contribution in [-0.2, 0) is 60.8 Å². The number of phenolic OH excluding ortho intramolecular Hbond substituents is 1. The van der Waals surface area contributed by atoms with E-state index in [0.29, 0.717) is 24.1 Å². The normalized spacial score (nSPS) is 23.2. The fourth-order valence-corrected chi connectivity index (χ4v) is 10.9. The van der Waals surface area contributed by atoms with Gasteiger partial charge in [-0.25, -0.2) is 4.98 Å². The average molecular weight is 1070 g/mol. The molecule has 25 heteroatoms. The van der Waals surface area contributed by atoms with Crippen LogP contribution < -0.4 is 43.0 Å². The molecule has 0 saturated carbocycles. The summed E-state index contributed by atoms with van der Waals surface area (Å²) in [5, 5.41) is 38.4. The Kier molecular flexibility index (Phi) is 23.5. The number of benzene rings is 1. The number of aromatic amines is 1. The molecule has 2 aliphatic rings. The number of nitrogens with one attached hydrogen (secondary N) is 8. The lowest BCUT2D eigenvalue weighted by molar-refractivity contribution is -0.142. The highest BCUT2D eigenvalue weighted by Crippen LogP contribution is 2.28. The number of nitrogens with zero attached hydrogens (tertiary/aromatic N) is 2. The van der Waals surface area contributed by atoms with Gasteiger partial charge in [0, 0.05) is 48.7 Å². The van der Waals surface area contributed by atoms with E-state index in [9.17, 15) is 58.2 Å². The molecule has 2 fully saturated rings. The molecule has 2 aliphatic heterocycles. The van der Waals surface area contributed by atoms with Crippen LogP contribution in [0, 0.1) is 23.7 Å². The van der Waals surface area contributed by atoms with Gasteiger partial charge in [0.15, 0.2) is 0 Å². The van der Waals surface area contributed by atoms with E-state index in [4.69, 9.17) is 5.73 Å². The third kappa shape index (κ3) is 18.5. The summed E-state index contributed by atoms with van der Waals surface area (Å²) in [4.78, 5) is 146. The van der Waals surface area contributed by atoms with Crippen molar-refractivity contribution in [3.05, 3.63) is 48.0 Å². The minimum Gasteiger partial charge on any atom is -0.508 e. The number of aromatic nitrogens is 2. The van der Waals surface area contributed by atoms with Gasteiger partial charge in [-0.1, -0.05) is 88.6 Å². The maximum Gasteiger partial charge on any atom is 0.305 e. The number of H-pyrrole nitrogens is 1. The number of aliphatic carboxylic acids is 1. The molecule has 1 aromatic carbocycles. The Morgan fingerprint density at radius 3 is 2.05 bits per heavy atom. The number of hydrogen-bond donors (Lipinski definition) is 11. The predicted molar refractivity (Wildman–Crippen MR) is 276 cm³/mol. The Morgan fingerprint density at radius 1 is 0.811 bits per heavy atom. The van der Waals surface area contributed by atoms with Crippen molar-refractivity contribution in [1.82, 2.24) is 52.1 Å². The first kappa shape index (κ1) is 60.2.